The molecule has 1 saturated heterocycles. The number of aryl methyl sites for hydroxylation is 2. The summed E-state index contributed by atoms with van der Waals surface area (Å²) in [6.07, 6.45) is 7.55. The Bertz CT molecular complexity index is 788. The van der Waals surface area contributed by atoms with Crippen molar-refractivity contribution in [2.75, 3.05) is 16.8 Å². The fourth-order valence-corrected chi connectivity index (χ4v) is 4.38. The number of carbonyl (C=O) groups excluding carboxylic acids is 1. The molecule has 2 atom stereocenters. The minimum Gasteiger partial charge on any atom is -0.367 e. The number of aromatic nitrogens is 2. The molecular weight excluding hydrogens is 340 g/mol. The van der Waals surface area contributed by atoms with E-state index < -0.39 is 0 Å². The molecule has 2 heterocycles. The lowest BCUT2D eigenvalue weighted by molar-refractivity contribution is -0.116. The van der Waals surface area contributed by atoms with E-state index in [0.717, 1.165) is 36.8 Å². The van der Waals surface area contributed by atoms with E-state index in [1.165, 1.54) is 24.9 Å². The first-order valence-electron chi connectivity index (χ1n) is 10.2. The van der Waals surface area contributed by atoms with Crippen LogP contribution >= 0.6 is 0 Å². The smallest absolute Gasteiger partial charge is 0.226 e. The number of nitrogens with one attached hydrogen (secondary N) is 1. The number of nitrogens with zero attached hydrogens (tertiary/aromatic N) is 3. The molecule has 6 heteroatoms. The van der Waals surface area contributed by atoms with E-state index in [1.807, 2.05) is 12.1 Å². The van der Waals surface area contributed by atoms with Crippen molar-refractivity contribution in [1.29, 1.82) is 0 Å². The van der Waals surface area contributed by atoms with Gasteiger partial charge in [0.15, 0.2) is 5.82 Å². The lowest BCUT2D eigenvalue weighted by Crippen LogP contribution is -2.32. The fourth-order valence-electron chi connectivity index (χ4n) is 4.38. The average molecular weight is 368 g/mol. The first-order chi connectivity index (χ1) is 13.2. The van der Waals surface area contributed by atoms with Crippen molar-refractivity contribution < 1.29 is 9.32 Å². The minimum absolute atomic E-state index is 0.0418. The van der Waals surface area contributed by atoms with Gasteiger partial charge < -0.3 is 14.7 Å². The summed E-state index contributed by atoms with van der Waals surface area (Å²) >= 11 is 0. The Balaban J connectivity index is 1.30. The molecule has 1 aliphatic carbocycles. The van der Waals surface area contributed by atoms with Gasteiger partial charge in [0.1, 0.15) is 0 Å². The Morgan fingerprint density at radius 2 is 2.19 bits per heavy atom. The molecule has 0 radical (unpaired) electrons. The maximum atomic E-state index is 12.4. The second kappa shape index (κ2) is 8.11. The Morgan fingerprint density at radius 1 is 1.30 bits per heavy atom. The van der Waals surface area contributed by atoms with Crippen LogP contribution in [-0.2, 0) is 17.6 Å². The summed E-state index contributed by atoms with van der Waals surface area (Å²) in [6.45, 7) is 3.21. The van der Waals surface area contributed by atoms with E-state index in [-0.39, 0.29) is 5.91 Å². The van der Waals surface area contributed by atoms with Crippen molar-refractivity contribution in [3.8, 4) is 0 Å². The van der Waals surface area contributed by atoms with Crippen molar-refractivity contribution in [3.63, 3.8) is 0 Å². The van der Waals surface area contributed by atoms with E-state index in [0.29, 0.717) is 31.2 Å². The molecule has 2 fully saturated rings. The molecule has 144 valence electrons. The molecule has 6 nitrogen and oxygen atoms in total. The van der Waals surface area contributed by atoms with Crippen LogP contribution in [-0.4, -0.2) is 28.6 Å². The van der Waals surface area contributed by atoms with Gasteiger partial charge in [-0.3, -0.25) is 4.79 Å². The molecule has 1 saturated carbocycles. The number of carbonyl (C=O) groups is 1. The van der Waals surface area contributed by atoms with Gasteiger partial charge in [-0.2, -0.15) is 4.98 Å². The number of para-hydroxylation sites is 2. The maximum Gasteiger partial charge on any atom is 0.226 e. The lowest BCUT2D eigenvalue weighted by Gasteiger charge is -2.31. The van der Waals surface area contributed by atoms with Crippen molar-refractivity contribution in [3.05, 3.63) is 36.0 Å². The molecule has 2 aromatic rings. The zero-order valence-electron chi connectivity index (χ0n) is 16.0. The van der Waals surface area contributed by atoms with Crippen molar-refractivity contribution in [2.45, 2.75) is 64.3 Å². The van der Waals surface area contributed by atoms with Gasteiger partial charge in [0, 0.05) is 31.8 Å². The van der Waals surface area contributed by atoms with Crippen LogP contribution in [0.1, 0.15) is 57.2 Å². The number of benzene rings is 1. The summed E-state index contributed by atoms with van der Waals surface area (Å²) in [6, 6.07) is 8.82. The standard InChI is InChI=1S/C21H28N4O2/c1-2-6-19-23-21(27-24-19)10-5-9-20(26)22-17-7-3-4-8-18(17)25-14-15-11-12-16(25)13-15/h3-4,7-8,15-16H,2,5-6,9-14H2,1H3,(H,22,26)/t15-,16-/m0/s1. The van der Waals surface area contributed by atoms with Crippen LogP contribution in [0.3, 0.4) is 0 Å². The van der Waals surface area contributed by atoms with Crippen LogP contribution < -0.4 is 10.2 Å². The molecule has 1 N–H and O–H groups in total. The maximum absolute atomic E-state index is 12.4. The predicted molar refractivity (Wildman–Crippen MR) is 105 cm³/mol. The van der Waals surface area contributed by atoms with E-state index in [2.05, 4.69) is 39.4 Å². The van der Waals surface area contributed by atoms with Crippen molar-refractivity contribution in [2.24, 2.45) is 5.92 Å². The number of amides is 1. The van der Waals surface area contributed by atoms with Crippen LogP contribution in [0.5, 0.6) is 0 Å². The lowest BCUT2D eigenvalue weighted by atomic mass is 10.1. The predicted octanol–water partition coefficient (Wildman–Crippen LogP) is 3.97. The van der Waals surface area contributed by atoms with Gasteiger partial charge in [-0.1, -0.05) is 24.2 Å². The summed E-state index contributed by atoms with van der Waals surface area (Å²) in [7, 11) is 0. The second-order valence-corrected chi connectivity index (χ2v) is 7.76. The molecule has 1 amide bonds. The van der Waals surface area contributed by atoms with Crippen molar-refractivity contribution in [1.82, 2.24) is 10.1 Å². The number of hydrogen-bond acceptors (Lipinski definition) is 5. The Morgan fingerprint density at radius 3 is 2.96 bits per heavy atom. The van der Waals surface area contributed by atoms with Gasteiger partial charge in [-0.15, -0.1) is 0 Å². The highest BCUT2D eigenvalue weighted by Crippen LogP contribution is 2.42. The summed E-state index contributed by atoms with van der Waals surface area (Å²) in [5, 5.41) is 7.07. The summed E-state index contributed by atoms with van der Waals surface area (Å²) in [5.41, 5.74) is 2.09. The topological polar surface area (TPSA) is 71.3 Å². The van der Waals surface area contributed by atoms with Crippen LogP contribution in [0.15, 0.2) is 28.8 Å². The third-order valence-corrected chi connectivity index (χ3v) is 5.68. The fraction of sp³-hybridized carbons (Fsp3) is 0.571. The highest BCUT2D eigenvalue weighted by molar-refractivity contribution is 5.94. The van der Waals surface area contributed by atoms with E-state index >= 15 is 0 Å². The molecule has 2 aliphatic rings. The van der Waals surface area contributed by atoms with E-state index in [1.54, 1.807) is 0 Å². The monoisotopic (exact) mass is 368 g/mol. The van der Waals surface area contributed by atoms with Gasteiger partial charge in [-0.25, -0.2) is 0 Å². The molecule has 1 aliphatic heterocycles. The van der Waals surface area contributed by atoms with Gasteiger partial charge in [0.25, 0.3) is 0 Å². The first-order valence-corrected chi connectivity index (χ1v) is 10.2. The van der Waals surface area contributed by atoms with E-state index in [9.17, 15) is 4.79 Å². The molecule has 27 heavy (non-hydrogen) atoms. The van der Waals surface area contributed by atoms with Gasteiger partial charge in [0.2, 0.25) is 11.8 Å². The Labute approximate surface area is 160 Å². The Kier molecular flexibility index (Phi) is 5.41. The van der Waals surface area contributed by atoms with Gasteiger partial charge in [-0.05, 0) is 50.2 Å². The summed E-state index contributed by atoms with van der Waals surface area (Å²) in [4.78, 5) is 19.3. The molecule has 0 spiro atoms. The summed E-state index contributed by atoms with van der Waals surface area (Å²) in [5.74, 6) is 2.25. The third kappa shape index (κ3) is 4.15. The normalized spacial score (nSPS) is 21.0. The zero-order valence-corrected chi connectivity index (χ0v) is 16.0. The average Bonchev–Trinajstić information content (AvgIpc) is 3.40. The highest BCUT2D eigenvalue weighted by Gasteiger charge is 2.38. The zero-order chi connectivity index (χ0) is 18.6. The number of rotatable bonds is 8. The number of fused-ring (bicyclic) bond motifs is 2. The highest BCUT2D eigenvalue weighted by atomic mass is 16.5. The Hall–Kier alpha value is -2.37. The summed E-state index contributed by atoms with van der Waals surface area (Å²) < 4.78 is 5.23. The molecule has 0 unspecified atom stereocenters. The SMILES string of the molecule is CCCc1noc(CCCC(=O)Nc2ccccc2N2C[C@H]3CC[C@H]2C3)n1. The quantitative estimate of drug-likeness (QED) is 0.763. The van der Waals surface area contributed by atoms with Crippen molar-refractivity contribution >= 4 is 17.3 Å². The van der Waals surface area contributed by atoms with Gasteiger partial charge in [0.05, 0.1) is 11.4 Å². The first kappa shape index (κ1) is 18.0. The van der Waals surface area contributed by atoms with Crippen LogP contribution in [0.25, 0.3) is 0 Å². The number of piperidine rings is 1. The molecule has 1 aromatic carbocycles. The largest absolute Gasteiger partial charge is 0.367 e. The minimum atomic E-state index is 0.0418. The molecule has 2 bridgehead atoms. The number of anilines is 2. The molecule has 1 aromatic heterocycles. The molecular formula is C21H28N4O2. The third-order valence-electron chi connectivity index (χ3n) is 5.68. The van der Waals surface area contributed by atoms with Crippen LogP contribution in [0.4, 0.5) is 11.4 Å². The van der Waals surface area contributed by atoms with E-state index in [4.69, 9.17) is 4.52 Å². The second-order valence-electron chi connectivity index (χ2n) is 7.76. The van der Waals surface area contributed by atoms with Crippen LogP contribution in [0, 0.1) is 5.92 Å². The number of hydrogen-bond donors (Lipinski definition) is 1. The van der Waals surface area contributed by atoms with Gasteiger partial charge >= 0.3 is 0 Å². The van der Waals surface area contributed by atoms with Crippen LogP contribution in [0.2, 0.25) is 0 Å². The molecule has 4 rings (SSSR count).